The third-order valence-electron chi connectivity index (χ3n) is 6.58. The molecule has 1 saturated carbocycles. The van der Waals surface area contributed by atoms with E-state index >= 15 is 0 Å². The number of carbonyl (C=O) groups is 1. The zero-order chi connectivity index (χ0) is 22.7. The maximum Gasteiger partial charge on any atom is 0.329 e. The van der Waals surface area contributed by atoms with Crippen LogP contribution in [0.1, 0.15) is 36.8 Å². The Morgan fingerprint density at radius 3 is 2.78 bits per heavy atom. The van der Waals surface area contributed by atoms with Crippen molar-refractivity contribution in [1.29, 1.82) is 0 Å². The third kappa shape index (κ3) is 5.45. The van der Waals surface area contributed by atoms with E-state index in [1.54, 1.807) is 13.0 Å². The van der Waals surface area contributed by atoms with E-state index in [0.717, 1.165) is 31.2 Å². The molecule has 0 amide bonds. The number of hydrogen-bond acceptors (Lipinski definition) is 4. The van der Waals surface area contributed by atoms with Gasteiger partial charge in [-0.25, -0.2) is 13.6 Å². The lowest BCUT2D eigenvalue weighted by Crippen LogP contribution is -2.49. The molecule has 2 heterocycles. The van der Waals surface area contributed by atoms with Gasteiger partial charge in [0.1, 0.15) is 29.7 Å². The zero-order valence-electron chi connectivity index (χ0n) is 18.1. The van der Waals surface area contributed by atoms with E-state index < -0.39 is 5.97 Å². The van der Waals surface area contributed by atoms with E-state index in [9.17, 15) is 13.6 Å². The predicted molar refractivity (Wildman–Crippen MR) is 114 cm³/mol. The number of carboxylic acid groups (broad SMARTS) is 1. The molecule has 3 atom stereocenters. The molecule has 2 saturated heterocycles. The Bertz CT molecular complexity index is 969. The number of halogens is 2. The molecule has 3 fully saturated rings. The maximum atomic E-state index is 14.3. The summed E-state index contributed by atoms with van der Waals surface area (Å²) in [6.07, 6.45) is 4.48. The van der Waals surface area contributed by atoms with Crippen LogP contribution >= 0.6 is 0 Å². The molecule has 0 spiro atoms. The van der Waals surface area contributed by atoms with Crippen LogP contribution in [0.25, 0.3) is 0 Å². The second kappa shape index (κ2) is 9.55. The number of hydrogen-bond donors (Lipinski definition) is 1. The first kappa shape index (κ1) is 22.7. The number of aryl methyl sites for hydroxylation is 1. The van der Waals surface area contributed by atoms with Crippen molar-refractivity contribution in [1.82, 2.24) is 0 Å². The van der Waals surface area contributed by atoms with Gasteiger partial charge in [-0.15, -0.1) is 0 Å². The number of rotatable bonds is 9. The van der Waals surface area contributed by atoms with E-state index in [2.05, 4.69) is 0 Å². The SMILES string of the molecule is Cc1cc(Oc2cc(F)cc(CC3CC4(CCOCC(=O)O)CCC3OC4)c2)ccc1F. The number of benzene rings is 2. The smallest absolute Gasteiger partial charge is 0.329 e. The lowest BCUT2D eigenvalue weighted by Gasteiger charge is -2.51. The van der Waals surface area contributed by atoms with E-state index in [4.69, 9.17) is 19.3 Å². The van der Waals surface area contributed by atoms with Crippen LogP contribution in [0.5, 0.6) is 11.5 Å². The summed E-state index contributed by atoms with van der Waals surface area (Å²) in [5.41, 5.74) is 1.28. The summed E-state index contributed by atoms with van der Waals surface area (Å²) in [7, 11) is 0. The van der Waals surface area contributed by atoms with Crippen LogP contribution in [0.3, 0.4) is 0 Å². The van der Waals surface area contributed by atoms with E-state index in [1.165, 1.54) is 24.3 Å². The van der Waals surface area contributed by atoms with Crippen LogP contribution in [-0.4, -0.2) is 37.0 Å². The van der Waals surface area contributed by atoms with Gasteiger partial charge < -0.3 is 19.3 Å². The van der Waals surface area contributed by atoms with Gasteiger partial charge in [0.05, 0.1) is 12.7 Å². The molecule has 5 nitrogen and oxygen atoms in total. The topological polar surface area (TPSA) is 65.0 Å². The van der Waals surface area contributed by atoms with Crippen molar-refractivity contribution < 1.29 is 32.9 Å². The number of aliphatic carboxylic acids is 1. The zero-order valence-corrected chi connectivity index (χ0v) is 18.1. The average Bonchev–Trinajstić information content (AvgIpc) is 2.74. The molecule has 3 unspecified atom stereocenters. The number of fused-ring (bicyclic) bond motifs is 3. The lowest BCUT2D eigenvalue weighted by atomic mass is 9.63. The van der Waals surface area contributed by atoms with Gasteiger partial charge in [0.2, 0.25) is 0 Å². The van der Waals surface area contributed by atoms with Crippen molar-refractivity contribution in [2.24, 2.45) is 11.3 Å². The molecule has 3 aliphatic rings. The molecule has 5 rings (SSSR count). The van der Waals surface area contributed by atoms with Gasteiger partial charge in [-0.1, -0.05) is 0 Å². The molecule has 1 N–H and O–H groups in total. The summed E-state index contributed by atoms with van der Waals surface area (Å²) >= 11 is 0. The fourth-order valence-corrected chi connectivity index (χ4v) is 4.98. The summed E-state index contributed by atoms with van der Waals surface area (Å²) in [5.74, 6) is -0.573. The fraction of sp³-hybridized carbons (Fsp3) is 0.480. The summed E-state index contributed by atoms with van der Waals surface area (Å²) in [4.78, 5) is 10.7. The Hall–Kier alpha value is -2.51. The van der Waals surface area contributed by atoms with Gasteiger partial charge in [0, 0.05) is 12.7 Å². The van der Waals surface area contributed by atoms with Crippen molar-refractivity contribution in [3.05, 3.63) is 59.2 Å². The molecular weight excluding hydrogens is 418 g/mol. The number of carboxylic acids is 1. The highest BCUT2D eigenvalue weighted by atomic mass is 19.1. The molecule has 7 heteroatoms. The number of ether oxygens (including phenoxy) is 3. The highest BCUT2D eigenvalue weighted by Crippen LogP contribution is 2.49. The van der Waals surface area contributed by atoms with Crippen LogP contribution in [0.15, 0.2) is 36.4 Å². The van der Waals surface area contributed by atoms with Crippen molar-refractivity contribution in [3.8, 4) is 11.5 Å². The van der Waals surface area contributed by atoms with Gasteiger partial charge in [0.25, 0.3) is 0 Å². The molecule has 2 bridgehead atoms. The first-order valence-corrected chi connectivity index (χ1v) is 11.0. The first-order valence-electron chi connectivity index (χ1n) is 11.0. The molecule has 2 aromatic carbocycles. The molecule has 0 aromatic heterocycles. The van der Waals surface area contributed by atoms with Crippen LogP contribution in [0, 0.1) is 29.9 Å². The second-order valence-electron chi connectivity index (χ2n) is 9.06. The Morgan fingerprint density at radius 1 is 1.22 bits per heavy atom. The highest BCUT2D eigenvalue weighted by molar-refractivity contribution is 5.67. The Balaban J connectivity index is 1.42. The molecule has 2 aliphatic heterocycles. The van der Waals surface area contributed by atoms with Gasteiger partial charge in [-0.2, -0.15) is 0 Å². The Labute approximate surface area is 186 Å². The predicted octanol–water partition coefficient (Wildman–Crippen LogP) is 5.28. The average molecular weight is 446 g/mol. The van der Waals surface area contributed by atoms with Gasteiger partial charge in [0.15, 0.2) is 0 Å². The van der Waals surface area contributed by atoms with E-state index in [1.807, 2.05) is 6.07 Å². The molecule has 1 aliphatic carbocycles. The van der Waals surface area contributed by atoms with Crippen LogP contribution in [-0.2, 0) is 20.7 Å². The van der Waals surface area contributed by atoms with Gasteiger partial charge >= 0.3 is 5.97 Å². The fourth-order valence-electron chi connectivity index (χ4n) is 4.98. The largest absolute Gasteiger partial charge is 0.480 e. The Kier molecular flexibility index (Phi) is 6.76. The van der Waals surface area contributed by atoms with Gasteiger partial charge in [-0.05, 0) is 91.8 Å². The van der Waals surface area contributed by atoms with E-state index in [0.29, 0.717) is 36.7 Å². The molecular formula is C25H28F2O5. The summed E-state index contributed by atoms with van der Waals surface area (Å²) in [6.45, 7) is 2.41. The Morgan fingerprint density at radius 2 is 2.06 bits per heavy atom. The first-order chi connectivity index (χ1) is 15.3. The third-order valence-corrected chi connectivity index (χ3v) is 6.58. The minimum Gasteiger partial charge on any atom is -0.480 e. The van der Waals surface area contributed by atoms with Crippen LogP contribution in [0.2, 0.25) is 0 Å². The molecule has 32 heavy (non-hydrogen) atoms. The molecule has 0 radical (unpaired) electrons. The lowest BCUT2D eigenvalue weighted by molar-refractivity contribution is -0.158. The molecule has 172 valence electrons. The minimum atomic E-state index is -0.969. The van der Waals surface area contributed by atoms with Crippen molar-refractivity contribution >= 4 is 5.97 Å². The maximum absolute atomic E-state index is 14.3. The minimum absolute atomic E-state index is 0.0176. The summed E-state index contributed by atoms with van der Waals surface area (Å²) < 4.78 is 45.0. The van der Waals surface area contributed by atoms with Crippen LogP contribution in [0.4, 0.5) is 8.78 Å². The monoisotopic (exact) mass is 446 g/mol. The standard InChI is InChI=1S/C25H28F2O5/c1-16-8-20(2-3-22(16)27)32-21-11-17(10-19(26)12-21)9-18-13-25(5-4-23(18)31-15-25)6-7-30-14-24(28)29/h2-3,8,10-12,18,23H,4-7,9,13-15H2,1H3,(H,28,29). The molecule has 2 aromatic rings. The normalized spacial score (nSPS) is 24.5. The van der Waals surface area contributed by atoms with Crippen molar-refractivity contribution in [2.45, 2.75) is 45.1 Å². The quantitative estimate of drug-likeness (QED) is 0.531. The van der Waals surface area contributed by atoms with Crippen molar-refractivity contribution in [2.75, 3.05) is 19.8 Å². The summed E-state index contributed by atoms with van der Waals surface area (Å²) in [6, 6.07) is 9.12. The second-order valence-corrected chi connectivity index (χ2v) is 9.06. The van der Waals surface area contributed by atoms with E-state index in [-0.39, 0.29) is 35.7 Å². The van der Waals surface area contributed by atoms with Crippen LogP contribution < -0.4 is 4.74 Å². The highest BCUT2D eigenvalue weighted by Gasteiger charge is 2.46. The van der Waals surface area contributed by atoms with Crippen molar-refractivity contribution in [3.63, 3.8) is 0 Å². The van der Waals surface area contributed by atoms with Gasteiger partial charge in [-0.3, -0.25) is 0 Å². The summed E-state index contributed by atoms with van der Waals surface area (Å²) in [5, 5.41) is 8.74.